The molecule has 174 valence electrons. The number of amides is 1. The molecule has 2 aromatic carbocycles. The Morgan fingerprint density at radius 1 is 0.941 bits per heavy atom. The number of carbonyl (C=O) groups is 1. The minimum atomic E-state index is -0.244. The normalized spacial score (nSPS) is 10.6. The van der Waals surface area contributed by atoms with Crippen molar-refractivity contribution < 1.29 is 19.0 Å². The van der Waals surface area contributed by atoms with Crippen molar-refractivity contribution in [2.45, 2.75) is 13.1 Å². The number of ether oxygens (including phenoxy) is 3. The third-order valence-electron chi connectivity index (χ3n) is 5.31. The molecule has 0 aliphatic heterocycles. The highest BCUT2D eigenvalue weighted by Gasteiger charge is 2.19. The molecule has 0 aliphatic carbocycles. The number of benzene rings is 2. The maximum absolute atomic E-state index is 13.2. The molecule has 0 fully saturated rings. The zero-order valence-corrected chi connectivity index (χ0v) is 19.3. The Morgan fingerprint density at radius 2 is 1.68 bits per heavy atom. The summed E-state index contributed by atoms with van der Waals surface area (Å²) >= 11 is 0. The lowest BCUT2D eigenvalue weighted by atomic mass is 10.1. The van der Waals surface area contributed by atoms with Crippen LogP contribution in [0.15, 0.2) is 73.2 Å². The van der Waals surface area contributed by atoms with E-state index in [2.05, 4.69) is 15.4 Å². The fourth-order valence-corrected chi connectivity index (χ4v) is 3.67. The lowest BCUT2D eigenvalue weighted by Crippen LogP contribution is -2.23. The van der Waals surface area contributed by atoms with Gasteiger partial charge in [0.2, 0.25) is 5.75 Å². The average molecular weight is 459 g/mol. The van der Waals surface area contributed by atoms with E-state index in [1.165, 1.54) is 0 Å². The zero-order chi connectivity index (χ0) is 23.9. The van der Waals surface area contributed by atoms with Gasteiger partial charge in [-0.3, -0.25) is 14.5 Å². The first-order valence-corrected chi connectivity index (χ1v) is 10.7. The standard InChI is InChI=1S/C26H26N4O4/c1-32-22-12-19(13-23(33-2)25(22)34-3)14-28-26(31)21-17-30(16-18-8-5-4-6-9-18)29-24(21)20-10-7-11-27-15-20/h4-13,15,17H,14,16H2,1-3H3,(H,28,31). The first-order valence-electron chi connectivity index (χ1n) is 10.7. The van der Waals surface area contributed by atoms with Crippen LogP contribution in [0.2, 0.25) is 0 Å². The Kier molecular flexibility index (Phi) is 7.07. The van der Waals surface area contributed by atoms with E-state index >= 15 is 0 Å². The highest BCUT2D eigenvalue weighted by Crippen LogP contribution is 2.38. The van der Waals surface area contributed by atoms with E-state index in [1.807, 2.05) is 54.6 Å². The van der Waals surface area contributed by atoms with Crippen LogP contribution in [-0.2, 0) is 13.1 Å². The van der Waals surface area contributed by atoms with Gasteiger partial charge in [0.15, 0.2) is 11.5 Å². The van der Waals surface area contributed by atoms with E-state index in [0.29, 0.717) is 35.1 Å². The quantitative estimate of drug-likeness (QED) is 0.409. The second-order valence-corrected chi connectivity index (χ2v) is 7.53. The number of carbonyl (C=O) groups excluding carboxylic acids is 1. The number of aromatic nitrogens is 3. The first kappa shape index (κ1) is 22.8. The third kappa shape index (κ3) is 5.01. The Morgan fingerprint density at radius 3 is 2.29 bits per heavy atom. The van der Waals surface area contributed by atoms with E-state index < -0.39 is 0 Å². The van der Waals surface area contributed by atoms with Crippen LogP contribution in [0.5, 0.6) is 17.2 Å². The number of hydrogen-bond donors (Lipinski definition) is 1. The van der Waals surface area contributed by atoms with E-state index in [0.717, 1.165) is 16.7 Å². The maximum Gasteiger partial charge on any atom is 0.255 e. The van der Waals surface area contributed by atoms with Gasteiger partial charge in [-0.05, 0) is 35.4 Å². The molecule has 1 amide bonds. The Hall–Kier alpha value is -4.33. The van der Waals surface area contributed by atoms with Crippen molar-refractivity contribution in [3.05, 3.63) is 89.9 Å². The summed E-state index contributed by atoms with van der Waals surface area (Å²) in [6, 6.07) is 17.3. The molecule has 2 heterocycles. The number of pyridine rings is 1. The molecule has 0 unspecified atom stereocenters. The van der Waals surface area contributed by atoms with Crippen molar-refractivity contribution in [3.8, 4) is 28.5 Å². The predicted octanol–water partition coefficient (Wildman–Crippen LogP) is 3.95. The molecule has 0 spiro atoms. The maximum atomic E-state index is 13.2. The Bertz CT molecular complexity index is 1230. The van der Waals surface area contributed by atoms with Crippen molar-refractivity contribution >= 4 is 5.91 Å². The van der Waals surface area contributed by atoms with Crippen LogP contribution in [0, 0.1) is 0 Å². The summed E-state index contributed by atoms with van der Waals surface area (Å²) < 4.78 is 18.0. The summed E-state index contributed by atoms with van der Waals surface area (Å²) in [7, 11) is 4.66. The van der Waals surface area contributed by atoms with Gasteiger partial charge in [0, 0.05) is 30.7 Å². The lowest BCUT2D eigenvalue weighted by Gasteiger charge is -2.14. The second-order valence-electron chi connectivity index (χ2n) is 7.53. The highest BCUT2D eigenvalue weighted by atomic mass is 16.5. The molecule has 2 aromatic heterocycles. The number of rotatable bonds is 9. The summed E-state index contributed by atoms with van der Waals surface area (Å²) in [5.41, 5.74) is 3.71. The van der Waals surface area contributed by atoms with Crippen molar-refractivity contribution in [3.63, 3.8) is 0 Å². The molecule has 0 saturated heterocycles. The number of nitrogens with zero attached hydrogens (tertiary/aromatic N) is 3. The van der Waals surface area contributed by atoms with Gasteiger partial charge in [0.1, 0.15) is 5.69 Å². The molecule has 34 heavy (non-hydrogen) atoms. The van der Waals surface area contributed by atoms with Crippen molar-refractivity contribution in [1.82, 2.24) is 20.1 Å². The molecular weight excluding hydrogens is 432 g/mol. The van der Waals surface area contributed by atoms with Gasteiger partial charge in [-0.25, -0.2) is 0 Å². The summed E-state index contributed by atoms with van der Waals surface area (Å²) in [5.74, 6) is 1.31. The van der Waals surface area contributed by atoms with Gasteiger partial charge >= 0.3 is 0 Å². The first-order chi connectivity index (χ1) is 16.6. The fourth-order valence-electron chi connectivity index (χ4n) is 3.67. The molecule has 0 saturated carbocycles. The van der Waals surface area contributed by atoms with Crippen LogP contribution in [-0.4, -0.2) is 42.0 Å². The molecule has 4 aromatic rings. The summed E-state index contributed by atoms with van der Waals surface area (Å²) in [4.78, 5) is 17.4. The molecule has 1 N–H and O–H groups in total. The van der Waals surface area contributed by atoms with Crippen LogP contribution in [0.3, 0.4) is 0 Å². The van der Waals surface area contributed by atoms with E-state index in [9.17, 15) is 4.79 Å². The molecule has 8 heteroatoms. The van der Waals surface area contributed by atoms with Crippen LogP contribution in [0.25, 0.3) is 11.3 Å². The van der Waals surface area contributed by atoms with Gasteiger partial charge < -0.3 is 19.5 Å². The number of hydrogen-bond acceptors (Lipinski definition) is 6. The molecule has 4 rings (SSSR count). The van der Waals surface area contributed by atoms with E-state index in [-0.39, 0.29) is 12.5 Å². The minimum absolute atomic E-state index is 0.244. The van der Waals surface area contributed by atoms with Gasteiger partial charge in [-0.1, -0.05) is 30.3 Å². The third-order valence-corrected chi connectivity index (χ3v) is 5.31. The van der Waals surface area contributed by atoms with Crippen molar-refractivity contribution in [2.75, 3.05) is 21.3 Å². The van der Waals surface area contributed by atoms with Gasteiger partial charge in [-0.15, -0.1) is 0 Å². The number of methoxy groups -OCH3 is 3. The predicted molar refractivity (Wildman–Crippen MR) is 128 cm³/mol. The summed E-state index contributed by atoms with van der Waals surface area (Å²) in [5, 5.41) is 7.67. The van der Waals surface area contributed by atoms with Gasteiger partial charge in [-0.2, -0.15) is 5.10 Å². The molecule has 8 nitrogen and oxygen atoms in total. The van der Waals surface area contributed by atoms with Crippen molar-refractivity contribution in [2.24, 2.45) is 0 Å². The zero-order valence-electron chi connectivity index (χ0n) is 19.3. The smallest absolute Gasteiger partial charge is 0.255 e. The van der Waals surface area contributed by atoms with Crippen LogP contribution < -0.4 is 19.5 Å². The molecular formula is C26H26N4O4. The van der Waals surface area contributed by atoms with Crippen molar-refractivity contribution in [1.29, 1.82) is 0 Å². The highest BCUT2D eigenvalue weighted by molar-refractivity contribution is 5.99. The summed E-state index contributed by atoms with van der Waals surface area (Å²) in [6.07, 6.45) is 5.15. The monoisotopic (exact) mass is 458 g/mol. The molecule has 0 bridgehead atoms. The Labute approximate surface area is 198 Å². The fraction of sp³-hybridized carbons (Fsp3) is 0.192. The lowest BCUT2D eigenvalue weighted by molar-refractivity contribution is 0.0951. The van der Waals surface area contributed by atoms with Gasteiger partial charge in [0.05, 0.1) is 33.4 Å². The molecule has 0 radical (unpaired) electrons. The topological polar surface area (TPSA) is 87.5 Å². The Balaban J connectivity index is 1.60. The van der Waals surface area contributed by atoms with Crippen LogP contribution in [0.1, 0.15) is 21.5 Å². The number of nitrogens with one attached hydrogen (secondary N) is 1. The van der Waals surface area contributed by atoms with Crippen LogP contribution in [0.4, 0.5) is 0 Å². The van der Waals surface area contributed by atoms with E-state index in [1.54, 1.807) is 44.6 Å². The SMILES string of the molecule is COc1cc(CNC(=O)c2cn(Cc3ccccc3)nc2-c2cccnc2)cc(OC)c1OC. The molecule has 0 atom stereocenters. The summed E-state index contributed by atoms with van der Waals surface area (Å²) in [6.45, 7) is 0.820. The average Bonchev–Trinajstić information content (AvgIpc) is 3.31. The second kappa shape index (κ2) is 10.5. The largest absolute Gasteiger partial charge is 0.493 e. The van der Waals surface area contributed by atoms with Gasteiger partial charge in [0.25, 0.3) is 5.91 Å². The van der Waals surface area contributed by atoms with Crippen LogP contribution >= 0.6 is 0 Å². The molecule has 0 aliphatic rings. The van der Waals surface area contributed by atoms with E-state index in [4.69, 9.17) is 14.2 Å². The minimum Gasteiger partial charge on any atom is -0.493 e.